The number of thioether (sulfide) groups is 1. The van der Waals surface area contributed by atoms with Gasteiger partial charge in [0.15, 0.2) is 0 Å². The maximum Gasteiger partial charge on any atom is 0.112 e. The summed E-state index contributed by atoms with van der Waals surface area (Å²) >= 11 is 5.57. The summed E-state index contributed by atoms with van der Waals surface area (Å²) < 4.78 is 1.15. The van der Waals surface area contributed by atoms with Gasteiger partial charge in [0.25, 0.3) is 0 Å². The van der Waals surface area contributed by atoms with E-state index in [1.54, 1.807) is 0 Å². The van der Waals surface area contributed by atoms with Gasteiger partial charge in [-0.05, 0) is 30.9 Å². The Hall–Kier alpha value is -0.150. The molecule has 0 radical (unpaired) electrons. The van der Waals surface area contributed by atoms with E-state index in [1.807, 2.05) is 23.9 Å². The number of hydrogen-bond donors (Lipinski definition) is 1. The van der Waals surface area contributed by atoms with Gasteiger partial charge in [0, 0.05) is 21.1 Å². The van der Waals surface area contributed by atoms with E-state index in [4.69, 9.17) is 0 Å². The molecule has 1 aliphatic heterocycles. The van der Waals surface area contributed by atoms with Crippen molar-refractivity contribution in [1.29, 1.82) is 0 Å². The van der Waals surface area contributed by atoms with Gasteiger partial charge in [-0.15, -0.1) is 11.8 Å². The van der Waals surface area contributed by atoms with Crippen molar-refractivity contribution in [1.82, 2.24) is 0 Å². The van der Waals surface area contributed by atoms with E-state index >= 15 is 0 Å². The quantitative estimate of drug-likeness (QED) is 0.724. The molecule has 0 aromatic carbocycles. The molecule has 1 heterocycles. The van der Waals surface area contributed by atoms with Crippen LogP contribution in [0.2, 0.25) is 0 Å². The van der Waals surface area contributed by atoms with Crippen LogP contribution < -0.4 is 0 Å². The van der Waals surface area contributed by atoms with Gasteiger partial charge >= 0.3 is 0 Å². The van der Waals surface area contributed by atoms with E-state index in [1.165, 1.54) is 10.5 Å². The molecule has 1 N–H and O–H groups in total. The predicted molar refractivity (Wildman–Crippen MR) is 63.4 cm³/mol. The third-order valence-corrected chi connectivity index (χ3v) is 6.13. The third kappa shape index (κ3) is 0.797. The Balaban J connectivity index is 2.14. The molecule has 3 unspecified atom stereocenters. The topological polar surface area (TPSA) is 20.2 Å². The molecule has 0 bridgehead atoms. The lowest BCUT2D eigenvalue weighted by atomic mass is 9.90. The lowest BCUT2D eigenvalue weighted by Gasteiger charge is -2.19. The van der Waals surface area contributed by atoms with Crippen LogP contribution in [-0.4, -0.2) is 10.4 Å². The first-order valence-corrected chi connectivity index (χ1v) is 6.39. The minimum Gasteiger partial charge on any atom is -0.508 e. The monoisotopic (exact) mass is 270 g/mol. The maximum absolute atomic E-state index is 9.51. The van der Waals surface area contributed by atoms with Crippen molar-refractivity contribution in [2.45, 2.75) is 19.1 Å². The van der Waals surface area contributed by atoms with Crippen molar-refractivity contribution in [3.05, 3.63) is 32.9 Å². The Labute approximate surface area is 96.1 Å². The van der Waals surface area contributed by atoms with Crippen LogP contribution in [0.3, 0.4) is 0 Å². The van der Waals surface area contributed by atoms with E-state index in [2.05, 4.69) is 29.8 Å². The van der Waals surface area contributed by atoms with E-state index in [9.17, 15) is 5.11 Å². The van der Waals surface area contributed by atoms with Gasteiger partial charge in [0.1, 0.15) is 5.76 Å². The van der Waals surface area contributed by atoms with Gasteiger partial charge in [-0.3, -0.25) is 0 Å². The average molecular weight is 271 g/mol. The van der Waals surface area contributed by atoms with E-state index < -0.39 is 0 Å². The Morgan fingerprint density at radius 2 is 2.21 bits per heavy atom. The van der Waals surface area contributed by atoms with Gasteiger partial charge in [-0.2, -0.15) is 0 Å². The number of rotatable bonds is 0. The average Bonchev–Trinajstić information content (AvgIpc) is 2.64. The van der Waals surface area contributed by atoms with E-state index in [-0.39, 0.29) is 5.41 Å². The zero-order valence-corrected chi connectivity index (χ0v) is 10.4. The first-order chi connectivity index (χ1) is 6.58. The molecule has 3 rings (SSSR count). The molecule has 1 fully saturated rings. The second-order valence-corrected chi connectivity index (χ2v) is 6.41. The van der Waals surface area contributed by atoms with Gasteiger partial charge in [-0.25, -0.2) is 0 Å². The Morgan fingerprint density at radius 1 is 1.50 bits per heavy atom. The van der Waals surface area contributed by atoms with Crippen molar-refractivity contribution in [2.24, 2.45) is 11.3 Å². The van der Waals surface area contributed by atoms with Crippen LogP contribution in [0.25, 0.3) is 0 Å². The summed E-state index contributed by atoms with van der Waals surface area (Å²) in [6.07, 6.45) is 3.84. The number of aliphatic hydroxyl groups excluding tert-OH is 1. The van der Waals surface area contributed by atoms with Crippen LogP contribution in [0.5, 0.6) is 0 Å². The van der Waals surface area contributed by atoms with Crippen LogP contribution in [0.15, 0.2) is 32.9 Å². The molecular formula is C11H11BrOS. The molecule has 3 aliphatic rings. The number of hydrogen-bond acceptors (Lipinski definition) is 2. The molecular weight excluding hydrogens is 260 g/mol. The second kappa shape index (κ2) is 2.50. The third-order valence-electron chi connectivity index (χ3n) is 3.66. The molecule has 0 aromatic rings. The van der Waals surface area contributed by atoms with Crippen LogP contribution in [-0.2, 0) is 0 Å². The standard InChI is InChI=1S/C11H11BrOS/c1-5-6(2)14-10-8-3-7(13)4-9(12)11(5,8)10/h3-4,8,10,13H,1-2H3. The summed E-state index contributed by atoms with van der Waals surface area (Å²) in [6, 6.07) is 0. The molecule has 1 spiro atoms. The maximum atomic E-state index is 9.51. The number of fused-ring (bicyclic) bond motifs is 1. The Kier molecular flexibility index (Phi) is 1.63. The summed E-state index contributed by atoms with van der Waals surface area (Å²) in [5.41, 5.74) is 1.69. The van der Waals surface area contributed by atoms with E-state index in [0.29, 0.717) is 16.9 Å². The summed E-state index contributed by atoms with van der Waals surface area (Å²) in [5, 5.41) is 10.1. The largest absolute Gasteiger partial charge is 0.508 e. The van der Waals surface area contributed by atoms with Crippen molar-refractivity contribution in [3.8, 4) is 0 Å². The first kappa shape index (κ1) is 9.10. The molecule has 0 amide bonds. The zero-order chi connectivity index (χ0) is 10.1. The van der Waals surface area contributed by atoms with Crippen LogP contribution in [0.1, 0.15) is 13.8 Å². The minimum atomic E-state index is 0.209. The van der Waals surface area contributed by atoms with Crippen molar-refractivity contribution in [2.75, 3.05) is 0 Å². The first-order valence-electron chi connectivity index (χ1n) is 4.71. The molecule has 14 heavy (non-hydrogen) atoms. The highest BCUT2D eigenvalue weighted by Gasteiger charge is 2.70. The Morgan fingerprint density at radius 3 is 2.93 bits per heavy atom. The molecule has 1 saturated carbocycles. The SMILES string of the molecule is CC1=C(C)C23C(Br)=CC(O)=CC2C3S1. The van der Waals surface area contributed by atoms with Crippen molar-refractivity contribution < 1.29 is 5.11 Å². The highest BCUT2D eigenvalue weighted by molar-refractivity contribution is 9.11. The predicted octanol–water partition coefficient (Wildman–Crippen LogP) is 3.75. The fourth-order valence-corrected chi connectivity index (χ4v) is 5.68. The number of halogens is 1. The fraction of sp³-hybridized carbons (Fsp3) is 0.455. The molecule has 74 valence electrons. The molecule has 1 nitrogen and oxygen atoms in total. The van der Waals surface area contributed by atoms with Gasteiger partial charge in [0.2, 0.25) is 0 Å². The molecule has 0 aromatic heterocycles. The molecule has 0 saturated heterocycles. The minimum absolute atomic E-state index is 0.209. The highest BCUT2D eigenvalue weighted by atomic mass is 79.9. The smallest absolute Gasteiger partial charge is 0.112 e. The van der Waals surface area contributed by atoms with Gasteiger partial charge < -0.3 is 5.11 Å². The summed E-state index contributed by atoms with van der Waals surface area (Å²) in [5.74, 6) is 0.920. The van der Waals surface area contributed by atoms with Crippen LogP contribution in [0, 0.1) is 11.3 Å². The normalized spacial score (nSPS) is 44.2. The van der Waals surface area contributed by atoms with Gasteiger partial charge in [-0.1, -0.05) is 21.5 Å². The van der Waals surface area contributed by atoms with E-state index in [0.717, 1.165) is 4.48 Å². The summed E-state index contributed by atoms with van der Waals surface area (Å²) in [4.78, 5) is 1.45. The summed E-state index contributed by atoms with van der Waals surface area (Å²) in [6.45, 7) is 4.41. The van der Waals surface area contributed by atoms with Crippen molar-refractivity contribution >= 4 is 27.7 Å². The molecule has 2 aliphatic carbocycles. The second-order valence-electron chi connectivity index (χ2n) is 4.20. The summed E-state index contributed by atoms with van der Waals surface area (Å²) in [7, 11) is 0. The highest BCUT2D eigenvalue weighted by Crippen LogP contribution is 2.76. The van der Waals surface area contributed by atoms with Gasteiger partial charge in [0.05, 0.1) is 0 Å². The lowest BCUT2D eigenvalue weighted by molar-refractivity contribution is 0.422. The van der Waals surface area contributed by atoms with Crippen LogP contribution >= 0.6 is 27.7 Å². The molecule has 3 atom stereocenters. The zero-order valence-electron chi connectivity index (χ0n) is 8.04. The number of allylic oxidation sites excluding steroid dienone is 5. The number of aliphatic hydroxyl groups is 1. The Bertz CT molecular complexity index is 421. The fourth-order valence-electron chi connectivity index (χ4n) is 2.76. The molecule has 3 heteroatoms. The van der Waals surface area contributed by atoms with Crippen LogP contribution in [0.4, 0.5) is 0 Å². The lowest BCUT2D eigenvalue weighted by Crippen LogP contribution is -2.09. The van der Waals surface area contributed by atoms with Crippen molar-refractivity contribution in [3.63, 3.8) is 0 Å².